The normalized spacial score (nSPS) is 16.1. The Morgan fingerprint density at radius 3 is 2.64 bits per heavy atom. The lowest BCUT2D eigenvalue weighted by Gasteiger charge is -2.26. The number of aromatic nitrogens is 4. The van der Waals surface area contributed by atoms with Gasteiger partial charge in [0.1, 0.15) is 0 Å². The van der Waals surface area contributed by atoms with Crippen LogP contribution >= 0.6 is 0 Å². The number of hydrogen-bond donors (Lipinski definition) is 1. The molecule has 0 atom stereocenters. The van der Waals surface area contributed by atoms with Crippen molar-refractivity contribution < 1.29 is 0 Å². The standard InChI is InChI=1S/C16H26N6/c1-14-15(11-18-20(14)2)10-17-16-12-19-22(13-16)9-8-21-6-4-3-5-7-21/h11-13,17H,3-10H2,1-2H3. The maximum atomic E-state index is 4.45. The van der Waals surface area contributed by atoms with Crippen molar-refractivity contribution in [1.29, 1.82) is 0 Å². The van der Waals surface area contributed by atoms with E-state index in [2.05, 4.69) is 33.5 Å². The molecule has 6 nitrogen and oxygen atoms in total. The van der Waals surface area contributed by atoms with Gasteiger partial charge in [-0.15, -0.1) is 0 Å². The SMILES string of the molecule is Cc1c(CNc2cnn(CCN3CCCCC3)c2)cnn1C. The summed E-state index contributed by atoms with van der Waals surface area (Å²) in [5.74, 6) is 0. The average molecular weight is 302 g/mol. The van der Waals surface area contributed by atoms with Crippen molar-refractivity contribution in [2.24, 2.45) is 7.05 Å². The zero-order valence-electron chi connectivity index (χ0n) is 13.6. The molecule has 0 spiro atoms. The molecule has 0 saturated carbocycles. The van der Waals surface area contributed by atoms with Crippen LogP contribution in [0.25, 0.3) is 0 Å². The van der Waals surface area contributed by atoms with Gasteiger partial charge in [-0.3, -0.25) is 9.36 Å². The first-order chi connectivity index (χ1) is 10.7. The molecule has 1 saturated heterocycles. The van der Waals surface area contributed by atoms with Crippen LogP contribution in [0.5, 0.6) is 0 Å². The first-order valence-electron chi connectivity index (χ1n) is 8.18. The zero-order valence-corrected chi connectivity index (χ0v) is 13.6. The van der Waals surface area contributed by atoms with Gasteiger partial charge in [0.2, 0.25) is 0 Å². The minimum Gasteiger partial charge on any atom is -0.378 e. The van der Waals surface area contributed by atoms with Crippen LogP contribution in [-0.2, 0) is 20.1 Å². The Kier molecular flexibility index (Phi) is 4.77. The quantitative estimate of drug-likeness (QED) is 0.887. The van der Waals surface area contributed by atoms with Crippen LogP contribution in [0.2, 0.25) is 0 Å². The van der Waals surface area contributed by atoms with E-state index in [-0.39, 0.29) is 0 Å². The Bertz CT molecular complexity index is 594. The van der Waals surface area contributed by atoms with E-state index in [1.54, 1.807) is 0 Å². The number of nitrogens with one attached hydrogen (secondary N) is 1. The van der Waals surface area contributed by atoms with Gasteiger partial charge >= 0.3 is 0 Å². The fourth-order valence-corrected chi connectivity index (χ4v) is 2.92. The molecule has 0 bridgehead atoms. The molecule has 2 aromatic heterocycles. The van der Waals surface area contributed by atoms with Crippen LogP contribution in [0.1, 0.15) is 30.5 Å². The van der Waals surface area contributed by atoms with Crippen LogP contribution in [0, 0.1) is 6.92 Å². The van der Waals surface area contributed by atoms with Gasteiger partial charge in [-0.25, -0.2) is 0 Å². The Balaban J connectivity index is 1.47. The molecule has 0 unspecified atom stereocenters. The summed E-state index contributed by atoms with van der Waals surface area (Å²) >= 11 is 0. The smallest absolute Gasteiger partial charge is 0.0729 e. The monoisotopic (exact) mass is 302 g/mol. The van der Waals surface area contributed by atoms with Gasteiger partial charge < -0.3 is 10.2 Å². The lowest BCUT2D eigenvalue weighted by molar-refractivity contribution is 0.218. The molecule has 3 rings (SSSR count). The van der Waals surface area contributed by atoms with E-state index in [9.17, 15) is 0 Å². The molecule has 3 heterocycles. The lowest BCUT2D eigenvalue weighted by atomic mass is 10.1. The molecule has 0 amide bonds. The minimum atomic E-state index is 0.789. The topological polar surface area (TPSA) is 50.9 Å². The van der Waals surface area contributed by atoms with Crippen molar-refractivity contribution in [1.82, 2.24) is 24.5 Å². The fraction of sp³-hybridized carbons (Fsp3) is 0.625. The van der Waals surface area contributed by atoms with E-state index in [1.807, 2.05) is 28.8 Å². The number of nitrogens with zero attached hydrogens (tertiary/aromatic N) is 5. The molecule has 2 aromatic rings. The maximum absolute atomic E-state index is 4.45. The number of rotatable bonds is 6. The van der Waals surface area contributed by atoms with Crippen LogP contribution in [0.4, 0.5) is 5.69 Å². The summed E-state index contributed by atoms with van der Waals surface area (Å²) in [4.78, 5) is 2.54. The summed E-state index contributed by atoms with van der Waals surface area (Å²) in [6, 6.07) is 0. The molecule has 6 heteroatoms. The predicted octanol–water partition coefficient (Wildman–Crippen LogP) is 2.02. The highest BCUT2D eigenvalue weighted by atomic mass is 15.3. The third kappa shape index (κ3) is 3.68. The molecule has 0 aromatic carbocycles. The van der Waals surface area contributed by atoms with Gasteiger partial charge in [0.25, 0.3) is 0 Å². The average Bonchev–Trinajstić information content (AvgIpc) is 3.13. The van der Waals surface area contributed by atoms with Gasteiger partial charge in [0, 0.05) is 37.6 Å². The van der Waals surface area contributed by atoms with Crippen molar-refractivity contribution >= 4 is 5.69 Å². The van der Waals surface area contributed by atoms with E-state index in [4.69, 9.17) is 0 Å². The van der Waals surface area contributed by atoms with Gasteiger partial charge in [0.05, 0.1) is 24.6 Å². The largest absolute Gasteiger partial charge is 0.378 e. The molecule has 120 valence electrons. The predicted molar refractivity (Wildman–Crippen MR) is 87.8 cm³/mol. The highest BCUT2D eigenvalue weighted by molar-refractivity contribution is 5.39. The van der Waals surface area contributed by atoms with Crippen molar-refractivity contribution in [3.8, 4) is 0 Å². The molecule has 22 heavy (non-hydrogen) atoms. The maximum Gasteiger partial charge on any atom is 0.0729 e. The summed E-state index contributed by atoms with van der Waals surface area (Å²) in [5.41, 5.74) is 3.50. The molecule has 0 aliphatic carbocycles. The van der Waals surface area contributed by atoms with Gasteiger partial charge in [-0.05, 0) is 32.9 Å². The van der Waals surface area contributed by atoms with E-state index < -0.39 is 0 Å². The van der Waals surface area contributed by atoms with Gasteiger partial charge in [0.15, 0.2) is 0 Å². The number of piperidine rings is 1. The molecular formula is C16H26N6. The summed E-state index contributed by atoms with van der Waals surface area (Å²) in [6.45, 7) is 7.43. The number of hydrogen-bond acceptors (Lipinski definition) is 4. The van der Waals surface area contributed by atoms with Crippen LogP contribution < -0.4 is 5.32 Å². The number of anilines is 1. The summed E-state index contributed by atoms with van der Waals surface area (Å²) < 4.78 is 3.94. The van der Waals surface area contributed by atoms with Crippen molar-refractivity contribution in [2.45, 2.75) is 39.3 Å². The van der Waals surface area contributed by atoms with Crippen molar-refractivity contribution in [3.63, 3.8) is 0 Å². The van der Waals surface area contributed by atoms with Gasteiger partial charge in [-0.1, -0.05) is 6.42 Å². The Hall–Kier alpha value is -1.82. The number of likely N-dealkylation sites (tertiary alicyclic amines) is 1. The van der Waals surface area contributed by atoms with Crippen LogP contribution in [-0.4, -0.2) is 44.1 Å². The highest BCUT2D eigenvalue weighted by Gasteiger charge is 2.10. The Morgan fingerprint density at radius 2 is 1.91 bits per heavy atom. The van der Waals surface area contributed by atoms with E-state index in [1.165, 1.54) is 43.6 Å². The van der Waals surface area contributed by atoms with Crippen LogP contribution in [0.3, 0.4) is 0 Å². The molecule has 1 N–H and O–H groups in total. The van der Waals surface area contributed by atoms with E-state index >= 15 is 0 Å². The van der Waals surface area contributed by atoms with E-state index in [0.717, 1.165) is 25.3 Å². The van der Waals surface area contributed by atoms with E-state index in [0.29, 0.717) is 0 Å². The van der Waals surface area contributed by atoms with Gasteiger partial charge in [-0.2, -0.15) is 10.2 Å². The fourth-order valence-electron chi connectivity index (χ4n) is 2.92. The first-order valence-corrected chi connectivity index (χ1v) is 8.18. The second-order valence-electron chi connectivity index (χ2n) is 6.13. The molecule has 1 aliphatic rings. The highest BCUT2D eigenvalue weighted by Crippen LogP contribution is 2.12. The molecule has 1 aliphatic heterocycles. The zero-order chi connectivity index (χ0) is 15.4. The lowest BCUT2D eigenvalue weighted by Crippen LogP contribution is -2.32. The second kappa shape index (κ2) is 6.96. The van der Waals surface area contributed by atoms with Crippen LogP contribution in [0.15, 0.2) is 18.6 Å². The molecule has 1 fully saturated rings. The Morgan fingerprint density at radius 1 is 1.09 bits per heavy atom. The summed E-state index contributed by atoms with van der Waals surface area (Å²) in [6.07, 6.45) is 9.99. The van der Waals surface area contributed by atoms with Crippen molar-refractivity contribution in [2.75, 3.05) is 25.0 Å². The second-order valence-corrected chi connectivity index (χ2v) is 6.13. The van der Waals surface area contributed by atoms with Crippen molar-refractivity contribution in [3.05, 3.63) is 29.8 Å². The third-order valence-corrected chi connectivity index (χ3v) is 4.55. The molecular weight excluding hydrogens is 276 g/mol. The summed E-state index contributed by atoms with van der Waals surface area (Å²) in [7, 11) is 1.97. The molecule has 0 radical (unpaired) electrons. The summed E-state index contributed by atoms with van der Waals surface area (Å²) in [5, 5.41) is 12.1. The number of aryl methyl sites for hydroxylation is 1. The third-order valence-electron chi connectivity index (χ3n) is 4.55. The Labute approximate surface area is 132 Å². The minimum absolute atomic E-state index is 0.789. The first kappa shape index (κ1) is 15.1.